The summed E-state index contributed by atoms with van der Waals surface area (Å²) in [6.07, 6.45) is 0. The molecule has 0 spiro atoms. The molecule has 0 bridgehead atoms. The van der Waals surface area contributed by atoms with Crippen LogP contribution in [-0.4, -0.2) is 60.0 Å². The van der Waals surface area contributed by atoms with Crippen molar-refractivity contribution in [2.24, 2.45) is 0 Å². The number of ether oxygens (including phenoxy) is 1. The lowest BCUT2D eigenvalue weighted by atomic mass is 10.1. The molecule has 1 heterocycles. The van der Waals surface area contributed by atoms with E-state index < -0.39 is 0 Å². The Labute approximate surface area is 166 Å². The number of phenols is 1. The number of nitrogens with zero attached hydrogens (tertiary/aromatic N) is 2. The van der Waals surface area contributed by atoms with E-state index in [2.05, 4.69) is 0 Å². The van der Waals surface area contributed by atoms with Crippen molar-refractivity contribution in [2.75, 3.05) is 33.3 Å². The number of halogens is 2. The van der Waals surface area contributed by atoms with E-state index >= 15 is 0 Å². The molecule has 0 atom stereocenters. The van der Waals surface area contributed by atoms with Crippen molar-refractivity contribution in [1.82, 2.24) is 9.80 Å². The molecular formula is C19H18Cl2N2O4. The molecule has 1 aliphatic heterocycles. The topological polar surface area (TPSA) is 70.1 Å². The summed E-state index contributed by atoms with van der Waals surface area (Å²) < 4.78 is 5.25. The number of methoxy groups -OCH3 is 1. The van der Waals surface area contributed by atoms with Crippen molar-refractivity contribution in [3.05, 3.63) is 57.6 Å². The third-order valence-corrected chi connectivity index (χ3v) is 5.04. The molecule has 6 nitrogen and oxygen atoms in total. The van der Waals surface area contributed by atoms with Gasteiger partial charge in [0, 0.05) is 31.7 Å². The van der Waals surface area contributed by atoms with E-state index in [9.17, 15) is 14.7 Å². The first-order valence-corrected chi connectivity index (χ1v) is 9.07. The molecular weight excluding hydrogens is 391 g/mol. The third kappa shape index (κ3) is 3.96. The molecule has 2 aromatic carbocycles. The number of rotatable bonds is 3. The van der Waals surface area contributed by atoms with Crippen LogP contribution < -0.4 is 4.74 Å². The van der Waals surface area contributed by atoms with E-state index in [0.29, 0.717) is 36.8 Å². The Balaban J connectivity index is 1.72. The molecule has 27 heavy (non-hydrogen) atoms. The summed E-state index contributed by atoms with van der Waals surface area (Å²) >= 11 is 12.3. The van der Waals surface area contributed by atoms with Crippen molar-refractivity contribution >= 4 is 35.0 Å². The van der Waals surface area contributed by atoms with Gasteiger partial charge in [-0.25, -0.2) is 0 Å². The molecule has 2 aromatic rings. The number of piperazine rings is 1. The summed E-state index contributed by atoms with van der Waals surface area (Å²) in [6.45, 7) is 1.46. The monoisotopic (exact) mass is 408 g/mol. The van der Waals surface area contributed by atoms with Crippen LogP contribution in [0.15, 0.2) is 36.4 Å². The van der Waals surface area contributed by atoms with Crippen LogP contribution in [-0.2, 0) is 0 Å². The van der Waals surface area contributed by atoms with Crippen molar-refractivity contribution in [1.29, 1.82) is 0 Å². The molecule has 0 radical (unpaired) electrons. The standard InChI is InChI=1S/C19H18Cl2N2O4/c1-27-17-15(21)6-5-14(20)16(17)19(26)23-9-7-22(8-10-23)18(25)12-3-2-4-13(24)11-12/h2-6,11,24H,7-10H2,1H3. The Kier molecular flexibility index (Phi) is 5.77. The number of hydrogen-bond donors (Lipinski definition) is 1. The van der Waals surface area contributed by atoms with E-state index in [1.54, 1.807) is 34.1 Å². The summed E-state index contributed by atoms with van der Waals surface area (Å²) in [5, 5.41) is 10.1. The van der Waals surface area contributed by atoms with Gasteiger partial charge in [0.15, 0.2) is 5.75 Å². The smallest absolute Gasteiger partial charge is 0.259 e. The third-order valence-electron chi connectivity index (χ3n) is 4.42. The minimum atomic E-state index is -0.288. The second kappa shape index (κ2) is 8.06. The summed E-state index contributed by atoms with van der Waals surface area (Å²) in [7, 11) is 1.43. The molecule has 0 aliphatic carbocycles. The van der Waals surface area contributed by atoms with E-state index in [-0.39, 0.29) is 33.9 Å². The molecule has 8 heteroatoms. The molecule has 1 aliphatic rings. The first kappa shape index (κ1) is 19.3. The highest BCUT2D eigenvalue weighted by atomic mass is 35.5. The van der Waals surface area contributed by atoms with E-state index in [4.69, 9.17) is 27.9 Å². The Hall–Kier alpha value is -2.44. The van der Waals surface area contributed by atoms with Gasteiger partial charge < -0.3 is 19.6 Å². The molecule has 1 N–H and O–H groups in total. The van der Waals surface area contributed by atoms with Gasteiger partial charge in [0.1, 0.15) is 11.3 Å². The predicted molar refractivity (Wildman–Crippen MR) is 103 cm³/mol. The zero-order valence-electron chi connectivity index (χ0n) is 14.6. The zero-order chi connectivity index (χ0) is 19.6. The number of carbonyl (C=O) groups excluding carboxylic acids is 2. The predicted octanol–water partition coefficient (Wildman–Crippen LogP) is 3.31. The number of aromatic hydroxyl groups is 1. The van der Waals surface area contributed by atoms with Gasteiger partial charge in [-0.3, -0.25) is 9.59 Å². The van der Waals surface area contributed by atoms with E-state index in [0.717, 1.165) is 0 Å². The van der Waals surface area contributed by atoms with Gasteiger partial charge in [-0.1, -0.05) is 29.3 Å². The fraction of sp³-hybridized carbons (Fsp3) is 0.263. The van der Waals surface area contributed by atoms with Gasteiger partial charge >= 0.3 is 0 Å². The van der Waals surface area contributed by atoms with Gasteiger partial charge in [0.25, 0.3) is 11.8 Å². The van der Waals surface area contributed by atoms with Crippen LogP contribution in [0.4, 0.5) is 0 Å². The van der Waals surface area contributed by atoms with Crippen LogP contribution >= 0.6 is 23.2 Å². The molecule has 2 amide bonds. The van der Waals surface area contributed by atoms with Crippen molar-refractivity contribution in [2.45, 2.75) is 0 Å². The maximum Gasteiger partial charge on any atom is 0.259 e. The molecule has 142 valence electrons. The zero-order valence-corrected chi connectivity index (χ0v) is 16.1. The first-order valence-electron chi connectivity index (χ1n) is 8.32. The minimum Gasteiger partial charge on any atom is -0.508 e. The maximum absolute atomic E-state index is 12.9. The Morgan fingerprint density at radius 3 is 2.15 bits per heavy atom. The van der Waals surface area contributed by atoms with Gasteiger partial charge in [0.2, 0.25) is 0 Å². The van der Waals surface area contributed by atoms with Gasteiger partial charge in [-0.05, 0) is 30.3 Å². The number of benzene rings is 2. The fourth-order valence-corrected chi connectivity index (χ4v) is 3.49. The quantitative estimate of drug-likeness (QED) is 0.845. The molecule has 0 saturated carbocycles. The number of amides is 2. The Morgan fingerprint density at radius 1 is 0.963 bits per heavy atom. The van der Waals surface area contributed by atoms with E-state index in [1.165, 1.54) is 19.2 Å². The normalized spacial score (nSPS) is 14.2. The van der Waals surface area contributed by atoms with Crippen molar-refractivity contribution in [3.63, 3.8) is 0 Å². The van der Waals surface area contributed by atoms with Gasteiger partial charge in [-0.2, -0.15) is 0 Å². The van der Waals surface area contributed by atoms with Crippen LogP contribution in [0.2, 0.25) is 10.0 Å². The highest BCUT2D eigenvalue weighted by Gasteiger charge is 2.29. The van der Waals surface area contributed by atoms with Crippen LogP contribution in [0.1, 0.15) is 20.7 Å². The summed E-state index contributed by atoms with van der Waals surface area (Å²) in [6, 6.07) is 9.34. The van der Waals surface area contributed by atoms with Gasteiger partial charge in [-0.15, -0.1) is 0 Å². The molecule has 3 rings (SSSR count). The summed E-state index contributed by atoms with van der Waals surface area (Å²) in [5.74, 6) is -0.190. The second-order valence-electron chi connectivity index (χ2n) is 6.07. The summed E-state index contributed by atoms with van der Waals surface area (Å²) in [4.78, 5) is 28.7. The fourth-order valence-electron chi connectivity index (χ4n) is 3.02. The Bertz CT molecular complexity index is 880. The van der Waals surface area contributed by atoms with Crippen molar-refractivity contribution in [3.8, 4) is 11.5 Å². The average Bonchev–Trinajstić information content (AvgIpc) is 2.68. The van der Waals surface area contributed by atoms with Crippen molar-refractivity contribution < 1.29 is 19.4 Å². The maximum atomic E-state index is 12.9. The molecule has 1 saturated heterocycles. The van der Waals surface area contributed by atoms with Crippen LogP contribution in [0.3, 0.4) is 0 Å². The Morgan fingerprint density at radius 2 is 1.56 bits per heavy atom. The SMILES string of the molecule is COc1c(Cl)ccc(Cl)c1C(=O)N1CCN(C(=O)c2cccc(O)c2)CC1. The lowest BCUT2D eigenvalue weighted by molar-refractivity contribution is 0.0533. The van der Waals surface area contributed by atoms with E-state index in [1.807, 2.05) is 0 Å². The van der Waals surface area contributed by atoms with Crippen LogP contribution in [0, 0.1) is 0 Å². The summed E-state index contributed by atoms with van der Waals surface area (Å²) in [5.41, 5.74) is 0.633. The lowest BCUT2D eigenvalue weighted by Gasteiger charge is -2.35. The largest absolute Gasteiger partial charge is 0.508 e. The number of carbonyl (C=O) groups is 2. The number of hydrogen-bond acceptors (Lipinski definition) is 4. The average molecular weight is 409 g/mol. The molecule has 0 aromatic heterocycles. The highest BCUT2D eigenvalue weighted by Crippen LogP contribution is 2.34. The first-order chi connectivity index (χ1) is 12.9. The van der Waals surface area contributed by atoms with Gasteiger partial charge in [0.05, 0.1) is 17.2 Å². The van der Waals surface area contributed by atoms with Crippen LogP contribution in [0.25, 0.3) is 0 Å². The highest BCUT2D eigenvalue weighted by molar-refractivity contribution is 6.37. The molecule has 1 fully saturated rings. The minimum absolute atomic E-state index is 0.0392. The number of phenolic OH excluding ortho intramolecular Hbond substituents is 1. The molecule has 0 unspecified atom stereocenters. The second-order valence-corrected chi connectivity index (χ2v) is 6.89. The van der Waals surface area contributed by atoms with Crippen LogP contribution in [0.5, 0.6) is 11.5 Å². The lowest BCUT2D eigenvalue weighted by Crippen LogP contribution is -2.50.